The summed E-state index contributed by atoms with van der Waals surface area (Å²) in [6, 6.07) is 1.45. The quantitative estimate of drug-likeness (QED) is 0.675. The highest BCUT2D eigenvalue weighted by atomic mass is 35.5. The largest absolute Gasteiger partial charge is 0.316 e. The van der Waals surface area contributed by atoms with Gasteiger partial charge in [0.15, 0.2) is 0 Å². The van der Waals surface area contributed by atoms with Crippen LogP contribution in [-0.4, -0.2) is 23.0 Å². The number of aromatic nitrogens is 1. The van der Waals surface area contributed by atoms with E-state index in [-0.39, 0.29) is 22.2 Å². The van der Waals surface area contributed by atoms with E-state index in [1.54, 1.807) is 0 Å². The molecule has 1 unspecified atom stereocenters. The van der Waals surface area contributed by atoms with E-state index in [2.05, 4.69) is 31.1 Å². The molecule has 0 aliphatic carbocycles. The minimum atomic E-state index is -0.441. The summed E-state index contributed by atoms with van der Waals surface area (Å²) in [5, 5.41) is 14.4. The summed E-state index contributed by atoms with van der Waals surface area (Å²) in [6.07, 6.45) is 1.94. The van der Waals surface area contributed by atoms with E-state index >= 15 is 0 Å². The van der Waals surface area contributed by atoms with Crippen molar-refractivity contribution in [1.82, 2.24) is 10.3 Å². The van der Waals surface area contributed by atoms with Crippen molar-refractivity contribution in [2.45, 2.75) is 33.2 Å². The van der Waals surface area contributed by atoms with E-state index in [1.165, 1.54) is 12.3 Å². The van der Waals surface area contributed by atoms with E-state index in [4.69, 9.17) is 11.6 Å². The number of nitrogens with zero attached hydrogens (tertiary/aromatic N) is 2. The first-order chi connectivity index (χ1) is 8.25. The van der Waals surface area contributed by atoms with Gasteiger partial charge in [0.1, 0.15) is 5.69 Å². The van der Waals surface area contributed by atoms with Crippen molar-refractivity contribution in [1.29, 1.82) is 0 Å². The molecule has 0 bridgehead atoms. The standard InChI is InChI=1S/C12H18ClN3O2/c1-12(2,3)11(14-4)6-9-10(16(17)18)5-8(13)7-15-9/h5,7,11,14H,6H2,1-4H3. The zero-order valence-corrected chi connectivity index (χ0v) is 11.8. The molecule has 0 aromatic carbocycles. The molecule has 6 heteroatoms. The Morgan fingerprint density at radius 1 is 1.56 bits per heavy atom. The lowest BCUT2D eigenvalue weighted by Gasteiger charge is -2.30. The van der Waals surface area contributed by atoms with E-state index in [0.717, 1.165) is 0 Å². The van der Waals surface area contributed by atoms with Gasteiger partial charge in [-0.25, -0.2) is 0 Å². The van der Waals surface area contributed by atoms with E-state index < -0.39 is 4.92 Å². The van der Waals surface area contributed by atoms with Crippen LogP contribution in [0.1, 0.15) is 26.5 Å². The smallest absolute Gasteiger partial charge is 0.292 e. The third kappa shape index (κ3) is 3.65. The minimum absolute atomic E-state index is 0.00999. The first-order valence-corrected chi connectivity index (χ1v) is 6.09. The summed E-state index contributed by atoms with van der Waals surface area (Å²) in [5.41, 5.74) is 0.426. The normalized spacial score (nSPS) is 13.4. The molecule has 1 rings (SSSR count). The minimum Gasteiger partial charge on any atom is -0.316 e. The Bertz CT molecular complexity index is 443. The molecule has 100 valence electrons. The van der Waals surface area contributed by atoms with Gasteiger partial charge in [0.2, 0.25) is 0 Å². The van der Waals surface area contributed by atoms with Crippen LogP contribution in [0.15, 0.2) is 12.3 Å². The maximum atomic E-state index is 11.0. The van der Waals surface area contributed by atoms with Gasteiger partial charge in [-0.3, -0.25) is 15.1 Å². The SMILES string of the molecule is CNC(Cc1ncc(Cl)cc1[N+](=O)[O-])C(C)(C)C. The van der Waals surface area contributed by atoms with Gasteiger partial charge < -0.3 is 5.32 Å². The molecule has 1 N–H and O–H groups in total. The van der Waals surface area contributed by atoms with E-state index in [0.29, 0.717) is 12.1 Å². The van der Waals surface area contributed by atoms with Crippen molar-refractivity contribution < 1.29 is 4.92 Å². The van der Waals surface area contributed by atoms with Gasteiger partial charge in [-0.05, 0) is 12.5 Å². The fraction of sp³-hybridized carbons (Fsp3) is 0.583. The molecule has 18 heavy (non-hydrogen) atoms. The molecule has 5 nitrogen and oxygen atoms in total. The van der Waals surface area contributed by atoms with Gasteiger partial charge in [-0.2, -0.15) is 0 Å². The second-order valence-corrected chi connectivity index (χ2v) is 5.72. The molecule has 1 atom stereocenters. The molecule has 0 radical (unpaired) electrons. The molecule has 1 aromatic rings. The maximum absolute atomic E-state index is 11.0. The zero-order valence-electron chi connectivity index (χ0n) is 11.0. The Labute approximate surface area is 112 Å². The number of nitrogens with one attached hydrogen (secondary N) is 1. The van der Waals surface area contributed by atoms with E-state index in [9.17, 15) is 10.1 Å². The molecule has 0 saturated carbocycles. The van der Waals surface area contributed by atoms with Gasteiger partial charge in [0.05, 0.1) is 9.95 Å². The van der Waals surface area contributed by atoms with Crippen molar-refractivity contribution in [3.05, 3.63) is 33.1 Å². The monoisotopic (exact) mass is 271 g/mol. The molecule has 1 heterocycles. The molecule has 0 aliphatic heterocycles. The van der Waals surface area contributed by atoms with Crippen LogP contribution in [0.4, 0.5) is 5.69 Å². The lowest BCUT2D eigenvalue weighted by atomic mass is 9.84. The number of likely N-dealkylation sites (N-methyl/N-ethyl adjacent to an activating group) is 1. The summed E-state index contributed by atoms with van der Waals surface area (Å²) in [5.74, 6) is 0. The summed E-state index contributed by atoms with van der Waals surface area (Å²) in [6.45, 7) is 6.24. The highest BCUT2D eigenvalue weighted by Crippen LogP contribution is 2.27. The molecule has 0 fully saturated rings. The van der Waals surface area contributed by atoms with Crippen LogP contribution >= 0.6 is 11.6 Å². The lowest BCUT2D eigenvalue weighted by Crippen LogP contribution is -2.40. The zero-order chi connectivity index (χ0) is 13.9. The first kappa shape index (κ1) is 14.9. The number of hydrogen-bond donors (Lipinski definition) is 1. The highest BCUT2D eigenvalue weighted by molar-refractivity contribution is 6.30. The summed E-state index contributed by atoms with van der Waals surface area (Å²) in [4.78, 5) is 14.6. The van der Waals surface area contributed by atoms with Crippen molar-refractivity contribution in [3.8, 4) is 0 Å². The first-order valence-electron chi connectivity index (χ1n) is 5.71. The molecule has 1 aromatic heterocycles. The predicted molar refractivity (Wildman–Crippen MR) is 71.9 cm³/mol. The van der Waals surface area contributed by atoms with Crippen molar-refractivity contribution in [3.63, 3.8) is 0 Å². The molecule has 0 amide bonds. The van der Waals surface area contributed by atoms with Crippen LogP contribution in [-0.2, 0) is 6.42 Å². The van der Waals surface area contributed by atoms with Crippen LogP contribution in [0, 0.1) is 15.5 Å². The van der Waals surface area contributed by atoms with Gasteiger partial charge in [-0.15, -0.1) is 0 Å². The van der Waals surface area contributed by atoms with Crippen molar-refractivity contribution in [2.24, 2.45) is 5.41 Å². The van der Waals surface area contributed by atoms with Crippen LogP contribution < -0.4 is 5.32 Å². The number of halogens is 1. The average Bonchev–Trinajstić information content (AvgIpc) is 2.25. The maximum Gasteiger partial charge on any atom is 0.292 e. The molecular formula is C12H18ClN3O2. The van der Waals surface area contributed by atoms with Crippen LogP contribution in [0.5, 0.6) is 0 Å². The number of nitro groups is 1. The molecule has 0 saturated heterocycles. The van der Waals surface area contributed by atoms with Crippen LogP contribution in [0.3, 0.4) is 0 Å². The van der Waals surface area contributed by atoms with Gasteiger partial charge in [-0.1, -0.05) is 32.4 Å². The highest BCUT2D eigenvalue weighted by Gasteiger charge is 2.27. The van der Waals surface area contributed by atoms with Crippen LogP contribution in [0.2, 0.25) is 5.02 Å². The second-order valence-electron chi connectivity index (χ2n) is 5.29. The Hall–Kier alpha value is -1.20. The third-order valence-corrected chi connectivity index (χ3v) is 3.11. The summed E-state index contributed by atoms with van der Waals surface area (Å²) in [7, 11) is 1.84. The Balaban J connectivity index is 3.07. The fourth-order valence-corrected chi connectivity index (χ4v) is 1.96. The topological polar surface area (TPSA) is 68.1 Å². The lowest BCUT2D eigenvalue weighted by molar-refractivity contribution is -0.386. The van der Waals surface area contributed by atoms with Crippen molar-refractivity contribution in [2.75, 3.05) is 7.05 Å². The Morgan fingerprint density at radius 2 is 2.17 bits per heavy atom. The van der Waals surface area contributed by atoms with Gasteiger partial charge in [0.25, 0.3) is 5.69 Å². The van der Waals surface area contributed by atoms with Gasteiger partial charge >= 0.3 is 0 Å². The third-order valence-electron chi connectivity index (χ3n) is 2.90. The number of hydrogen-bond acceptors (Lipinski definition) is 4. The molecule has 0 aliphatic rings. The number of rotatable bonds is 4. The second kappa shape index (κ2) is 5.63. The Kier molecular flexibility index (Phi) is 4.65. The molecular weight excluding hydrogens is 254 g/mol. The predicted octanol–water partition coefficient (Wildman–Crippen LogP) is 2.82. The average molecular weight is 272 g/mol. The van der Waals surface area contributed by atoms with Gasteiger partial charge in [0, 0.05) is 24.7 Å². The summed E-state index contributed by atoms with van der Waals surface area (Å²) < 4.78 is 0. The van der Waals surface area contributed by atoms with Crippen molar-refractivity contribution >= 4 is 17.3 Å². The molecule has 0 spiro atoms. The number of pyridine rings is 1. The van der Waals surface area contributed by atoms with Crippen LogP contribution in [0.25, 0.3) is 0 Å². The summed E-state index contributed by atoms with van der Waals surface area (Å²) >= 11 is 5.74. The fourth-order valence-electron chi connectivity index (χ4n) is 1.81. The Morgan fingerprint density at radius 3 is 2.61 bits per heavy atom. The van der Waals surface area contributed by atoms with E-state index in [1.807, 2.05) is 7.05 Å².